The van der Waals surface area contributed by atoms with Gasteiger partial charge in [0.25, 0.3) is 0 Å². The van der Waals surface area contributed by atoms with Gasteiger partial charge in [0.2, 0.25) is 0 Å². The summed E-state index contributed by atoms with van der Waals surface area (Å²) in [5.41, 5.74) is 0. The van der Waals surface area contributed by atoms with Crippen LogP contribution in [0.15, 0.2) is 122 Å². The number of unbranched alkanes of at least 4 members (excludes halogenated alkanes) is 20. The van der Waals surface area contributed by atoms with E-state index in [0.29, 0.717) is 19.3 Å². The summed E-state index contributed by atoms with van der Waals surface area (Å²) in [6.45, 7) is 2.37. The molecular weight excluding hydrogens is 1170 g/mol. The standard InChI is InChI=1S/C71H120O16P2/c1-4-7-10-13-16-19-22-24-26-28-29-30-31-32-33-34-35-37-39-40-43-45-48-51-54-57-69(74)81-60-66(72)61-83-88(77,78)84-62-67(73)63-85-89(79,80)86-65-68(87-71(76)59-56-53-50-47-42-21-18-15-12-9-6-3)64-82-70(75)58-55-52-49-46-44-41-38-36-27-25-23-20-17-14-11-8-5-2/h7-8,10-11,16-17,19-20,24-27,29-30,32-33,35,37-38,41,66-68,72-73H,4-6,9,12-15,18,21-23,28,31,34,36,39-40,42-65H2,1-3H3,(H,77,78)(H,79,80)/b10-7-,11-8-,19-16-,20-17-,26-24-,27-25-,30-29-,33-32-,37-35-,41-38-. The molecule has 4 N–H and O–H groups in total. The first-order valence-corrected chi connectivity index (χ1v) is 36.8. The summed E-state index contributed by atoms with van der Waals surface area (Å²) >= 11 is 0. The zero-order chi connectivity index (χ0) is 65.3. The molecule has 0 rings (SSSR count). The maximum absolute atomic E-state index is 12.9. The van der Waals surface area contributed by atoms with E-state index in [-0.39, 0.29) is 19.3 Å². The van der Waals surface area contributed by atoms with Gasteiger partial charge in [-0.1, -0.05) is 245 Å². The Bertz CT molecular complexity index is 2110. The van der Waals surface area contributed by atoms with Gasteiger partial charge in [0.1, 0.15) is 25.4 Å². The zero-order valence-electron chi connectivity index (χ0n) is 55.1. The van der Waals surface area contributed by atoms with Crippen molar-refractivity contribution in [2.45, 2.75) is 270 Å². The Morgan fingerprint density at radius 3 is 0.944 bits per heavy atom. The van der Waals surface area contributed by atoms with E-state index in [1.54, 1.807) is 0 Å². The summed E-state index contributed by atoms with van der Waals surface area (Å²) < 4.78 is 60.8. The summed E-state index contributed by atoms with van der Waals surface area (Å²) in [5, 5.41) is 20.5. The normalized spacial score (nSPS) is 15.0. The second-order valence-electron chi connectivity index (χ2n) is 22.2. The number of hydrogen-bond donors (Lipinski definition) is 4. The molecular formula is C71H120O16P2. The molecule has 0 spiro atoms. The minimum atomic E-state index is -4.93. The van der Waals surface area contributed by atoms with Crippen molar-refractivity contribution in [3.63, 3.8) is 0 Å². The Kier molecular flexibility index (Phi) is 61.2. The number of phosphoric acid groups is 2. The Morgan fingerprint density at radius 2 is 0.596 bits per heavy atom. The van der Waals surface area contributed by atoms with Crippen molar-refractivity contribution in [3.05, 3.63) is 122 Å². The number of esters is 3. The number of phosphoric ester groups is 2. The van der Waals surface area contributed by atoms with Crippen LogP contribution < -0.4 is 0 Å². The SMILES string of the molecule is CC/C=C\C/C=C\C/C=C\C/C=C\C/C=C\C/C=C\CCCCCCCCC(=O)OCC(O)COP(=O)(O)OCC(O)COP(=O)(O)OCC(COC(=O)CCCCCC/C=C\C/C=C\C/C=C\C/C=C\CC)OC(=O)CCCCCCCCCCCCC. The number of aliphatic hydroxyl groups is 2. The second kappa shape index (κ2) is 64.1. The van der Waals surface area contributed by atoms with Crippen LogP contribution in [0.3, 0.4) is 0 Å². The van der Waals surface area contributed by atoms with Crippen molar-refractivity contribution >= 4 is 33.6 Å². The average molecular weight is 1290 g/mol. The molecule has 0 saturated heterocycles. The molecule has 89 heavy (non-hydrogen) atoms. The number of ether oxygens (including phenoxy) is 3. The first-order valence-electron chi connectivity index (χ1n) is 33.8. The van der Waals surface area contributed by atoms with Gasteiger partial charge in [-0.25, -0.2) is 9.13 Å². The highest BCUT2D eigenvalue weighted by Gasteiger charge is 2.29. The molecule has 0 aromatic carbocycles. The van der Waals surface area contributed by atoms with Gasteiger partial charge in [0.15, 0.2) is 6.10 Å². The van der Waals surface area contributed by atoms with Crippen LogP contribution in [0.1, 0.15) is 252 Å². The quantitative estimate of drug-likeness (QED) is 0.0146. The van der Waals surface area contributed by atoms with Crippen LogP contribution in [-0.2, 0) is 55.8 Å². The Labute approximate surface area is 538 Å². The summed E-state index contributed by atoms with van der Waals surface area (Å²) in [6, 6.07) is 0. The summed E-state index contributed by atoms with van der Waals surface area (Å²) in [4.78, 5) is 58.3. The minimum Gasteiger partial charge on any atom is -0.463 e. The molecule has 0 aromatic rings. The third kappa shape index (κ3) is 65.3. The summed E-state index contributed by atoms with van der Waals surface area (Å²) in [7, 11) is -9.78. The Hall–Kier alpha value is -4.05. The number of allylic oxidation sites excluding steroid dienone is 20. The molecule has 510 valence electrons. The molecule has 0 radical (unpaired) electrons. The first-order chi connectivity index (χ1) is 43.2. The van der Waals surface area contributed by atoms with Crippen molar-refractivity contribution in [1.82, 2.24) is 0 Å². The predicted molar refractivity (Wildman–Crippen MR) is 362 cm³/mol. The summed E-state index contributed by atoms with van der Waals surface area (Å²) in [6.07, 6.45) is 72.6. The minimum absolute atomic E-state index is 0.0987. The van der Waals surface area contributed by atoms with Gasteiger partial charge in [0.05, 0.1) is 26.4 Å². The Balaban J connectivity index is 4.56. The van der Waals surface area contributed by atoms with Crippen LogP contribution in [0, 0.1) is 0 Å². The Morgan fingerprint density at radius 1 is 0.326 bits per heavy atom. The third-order valence-electron chi connectivity index (χ3n) is 13.7. The van der Waals surface area contributed by atoms with Crippen LogP contribution in [0.2, 0.25) is 0 Å². The zero-order valence-corrected chi connectivity index (χ0v) is 56.8. The average Bonchev–Trinajstić information content (AvgIpc) is 3.52. The molecule has 0 bridgehead atoms. The summed E-state index contributed by atoms with van der Waals surface area (Å²) in [5.74, 6) is -1.62. The van der Waals surface area contributed by atoms with Gasteiger partial charge in [-0.2, -0.15) is 0 Å². The lowest BCUT2D eigenvalue weighted by atomic mass is 10.1. The molecule has 0 heterocycles. The number of carbonyl (C=O) groups is 3. The highest BCUT2D eigenvalue weighted by atomic mass is 31.2. The third-order valence-corrected chi connectivity index (χ3v) is 15.6. The molecule has 16 nitrogen and oxygen atoms in total. The van der Waals surface area contributed by atoms with Crippen molar-refractivity contribution in [3.8, 4) is 0 Å². The smallest absolute Gasteiger partial charge is 0.463 e. The molecule has 0 aliphatic heterocycles. The van der Waals surface area contributed by atoms with Crippen LogP contribution >= 0.6 is 15.6 Å². The van der Waals surface area contributed by atoms with Gasteiger partial charge in [-0.3, -0.25) is 32.5 Å². The van der Waals surface area contributed by atoms with Gasteiger partial charge < -0.3 is 34.2 Å². The lowest BCUT2D eigenvalue weighted by molar-refractivity contribution is -0.161. The number of rotatable bonds is 63. The van der Waals surface area contributed by atoms with E-state index in [4.69, 9.17) is 32.3 Å². The highest BCUT2D eigenvalue weighted by molar-refractivity contribution is 7.47. The van der Waals surface area contributed by atoms with E-state index in [9.17, 15) is 43.5 Å². The molecule has 0 aromatic heterocycles. The maximum Gasteiger partial charge on any atom is 0.472 e. The molecule has 0 saturated carbocycles. The van der Waals surface area contributed by atoms with Crippen molar-refractivity contribution in [1.29, 1.82) is 0 Å². The van der Waals surface area contributed by atoms with E-state index in [0.717, 1.165) is 154 Å². The second-order valence-corrected chi connectivity index (χ2v) is 25.1. The van der Waals surface area contributed by atoms with Crippen LogP contribution in [0.25, 0.3) is 0 Å². The van der Waals surface area contributed by atoms with E-state index < -0.39 is 91.5 Å². The molecule has 0 amide bonds. The van der Waals surface area contributed by atoms with Gasteiger partial charge in [-0.05, 0) is 109 Å². The monoisotopic (exact) mass is 1290 g/mol. The molecule has 0 aliphatic carbocycles. The fraction of sp³-hybridized carbons (Fsp3) is 0.676. The fourth-order valence-electron chi connectivity index (χ4n) is 8.56. The van der Waals surface area contributed by atoms with Gasteiger partial charge in [0, 0.05) is 19.3 Å². The topological polar surface area (TPSA) is 231 Å². The van der Waals surface area contributed by atoms with Crippen molar-refractivity contribution < 1.29 is 75.8 Å². The molecule has 0 aliphatic rings. The van der Waals surface area contributed by atoms with Crippen molar-refractivity contribution in [2.24, 2.45) is 0 Å². The van der Waals surface area contributed by atoms with E-state index in [1.807, 2.05) is 0 Å². The maximum atomic E-state index is 12.9. The molecule has 18 heteroatoms. The fourth-order valence-corrected chi connectivity index (χ4v) is 10.1. The molecule has 5 atom stereocenters. The predicted octanol–water partition coefficient (Wildman–Crippen LogP) is 18.6. The van der Waals surface area contributed by atoms with Crippen molar-refractivity contribution in [2.75, 3.05) is 39.6 Å². The van der Waals surface area contributed by atoms with Gasteiger partial charge >= 0.3 is 33.6 Å². The molecule has 0 fully saturated rings. The van der Waals surface area contributed by atoms with E-state index in [1.165, 1.54) is 38.5 Å². The highest BCUT2D eigenvalue weighted by Crippen LogP contribution is 2.45. The number of aliphatic hydroxyl groups excluding tert-OH is 2. The van der Waals surface area contributed by atoms with E-state index in [2.05, 4.69) is 142 Å². The lowest BCUT2D eigenvalue weighted by Crippen LogP contribution is -2.30. The van der Waals surface area contributed by atoms with Gasteiger partial charge in [-0.15, -0.1) is 0 Å². The number of hydrogen-bond acceptors (Lipinski definition) is 14. The first kappa shape index (κ1) is 85.0. The van der Waals surface area contributed by atoms with Crippen LogP contribution in [-0.4, -0.2) is 95.9 Å². The molecule has 5 unspecified atom stereocenters. The van der Waals surface area contributed by atoms with Crippen LogP contribution in [0.4, 0.5) is 0 Å². The number of carbonyl (C=O) groups excluding carboxylic acids is 3. The van der Waals surface area contributed by atoms with Crippen LogP contribution in [0.5, 0.6) is 0 Å². The lowest BCUT2D eigenvalue weighted by Gasteiger charge is -2.21. The largest absolute Gasteiger partial charge is 0.472 e. The van der Waals surface area contributed by atoms with E-state index >= 15 is 0 Å².